The molecule has 1 aliphatic heterocycles. The maximum Gasteiger partial charge on any atom is 0.166 e. The second-order valence-electron chi connectivity index (χ2n) is 4.96. The van der Waals surface area contributed by atoms with Crippen molar-refractivity contribution in [1.29, 1.82) is 0 Å². The number of imidazole rings is 1. The first-order valence-electron chi connectivity index (χ1n) is 6.64. The number of nitrogens with zero attached hydrogens (tertiary/aromatic N) is 1. The van der Waals surface area contributed by atoms with Crippen LogP contribution in [0, 0.1) is 0 Å². The van der Waals surface area contributed by atoms with Crippen molar-refractivity contribution in [2.45, 2.75) is 17.6 Å². The van der Waals surface area contributed by atoms with E-state index in [4.69, 9.17) is 0 Å². The van der Waals surface area contributed by atoms with E-state index in [2.05, 4.69) is 15.3 Å². The van der Waals surface area contributed by atoms with Crippen molar-refractivity contribution in [1.82, 2.24) is 15.3 Å². The highest BCUT2D eigenvalue weighted by molar-refractivity contribution is 7.99. The lowest BCUT2D eigenvalue weighted by Gasteiger charge is -2.09. The zero-order valence-corrected chi connectivity index (χ0v) is 12.6. The summed E-state index contributed by atoms with van der Waals surface area (Å²) in [7, 11) is -2.79. The standard InChI is InChI=1S/C13H17N3O2S2/c17-20(18)8-5-10(9-20)14-6-7-19-13-15-11-3-1-2-4-12(11)16-13/h1-4,10,14H,5-9H2,(H,15,16). The largest absolute Gasteiger partial charge is 0.333 e. The second kappa shape index (κ2) is 5.75. The number of sulfone groups is 1. The van der Waals surface area contributed by atoms with Crippen molar-refractivity contribution >= 4 is 32.6 Å². The lowest BCUT2D eigenvalue weighted by molar-refractivity contribution is 0.574. The highest BCUT2D eigenvalue weighted by atomic mass is 32.2. The summed E-state index contributed by atoms with van der Waals surface area (Å²) in [5, 5.41) is 4.21. The zero-order chi connectivity index (χ0) is 14.0. The molecule has 2 aromatic rings. The van der Waals surface area contributed by atoms with Gasteiger partial charge < -0.3 is 10.3 Å². The Morgan fingerprint density at radius 2 is 2.25 bits per heavy atom. The minimum Gasteiger partial charge on any atom is -0.333 e. The fourth-order valence-corrected chi connectivity index (χ4v) is 4.83. The van der Waals surface area contributed by atoms with Gasteiger partial charge in [0.05, 0.1) is 22.5 Å². The van der Waals surface area contributed by atoms with E-state index in [-0.39, 0.29) is 11.8 Å². The summed E-state index contributed by atoms with van der Waals surface area (Å²) >= 11 is 1.65. The third-order valence-corrected chi connectivity index (χ3v) is 6.02. The molecule has 0 radical (unpaired) electrons. The van der Waals surface area contributed by atoms with E-state index in [1.54, 1.807) is 11.8 Å². The second-order valence-corrected chi connectivity index (χ2v) is 8.27. The summed E-state index contributed by atoms with van der Waals surface area (Å²) in [6.07, 6.45) is 0.734. The van der Waals surface area contributed by atoms with Crippen LogP contribution in [-0.2, 0) is 9.84 Å². The number of hydrogen-bond acceptors (Lipinski definition) is 5. The van der Waals surface area contributed by atoms with Gasteiger partial charge in [-0.25, -0.2) is 13.4 Å². The van der Waals surface area contributed by atoms with Crippen molar-refractivity contribution in [3.63, 3.8) is 0 Å². The number of rotatable bonds is 5. The molecule has 7 heteroatoms. The molecular weight excluding hydrogens is 294 g/mol. The molecule has 3 rings (SSSR count). The topological polar surface area (TPSA) is 74.8 Å². The van der Waals surface area contributed by atoms with E-state index >= 15 is 0 Å². The number of thioether (sulfide) groups is 1. The molecule has 1 aromatic heterocycles. The molecule has 2 N–H and O–H groups in total. The van der Waals surface area contributed by atoms with Crippen LogP contribution in [0.5, 0.6) is 0 Å². The molecule has 0 saturated carbocycles. The number of H-pyrrole nitrogens is 1. The molecule has 1 atom stereocenters. The Bertz CT molecular complexity index is 663. The van der Waals surface area contributed by atoms with E-state index < -0.39 is 9.84 Å². The van der Waals surface area contributed by atoms with E-state index in [0.717, 1.165) is 34.9 Å². The van der Waals surface area contributed by atoms with E-state index in [0.29, 0.717) is 5.75 Å². The molecule has 1 saturated heterocycles. The molecule has 20 heavy (non-hydrogen) atoms. The predicted molar refractivity (Wildman–Crippen MR) is 81.9 cm³/mol. The van der Waals surface area contributed by atoms with Gasteiger partial charge in [-0.3, -0.25) is 0 Å². The molecule has 5 nitrogen and oxygen atoms in total. The molecule has 0 bridgehead atoms. The number of fused-ring (bicyclic) bond motifs is 1. The molecule has 108 valence electrons. The lowest BCUT2D eigenvalue weighted by atomic mass is 10.3. The quantitative estimate of drug-likeness (QED) is 0.645. The van der Waals surface area contributed by atoms with Gasteiger partial charge in [-0.2, -0.15) is 0 Å². The first-order valence-corrected chi connectivity index (χ1v) is 9.44. The number of benzene rings is 1. The van der Waals surface area contributed by atoms with Crippen molar-refractivity contribution in [3.8, 4) is 0 Å². The smallest absolute Gasteiger partial charge is 0.166 e. The fourth-order valence-electron chi connectivity index (χ4n) is 2.36. The molecular formula is C13H17N3O2S2. The van der Waals surface area contributed by atoms with Crippen LogP contribution in [-0.4, -0.2) is 48.2 Å². The third-order valence-electron chi connectivity index (χ3n) is 3.37. The Balaban J connectivity index is 1.46. The Morgan fingerprint density at radius 3 is 3.00 bits per heavy atom. The molecule has 1 unspecified atom stereocenters. The number of nitrogens with one attached hydrogen (secondary N) is 2. The Kier molecular flexibility index (Phi) is 4.00. The molecule has 1 aliphatic rings. The highest BCUT2D eigenvalue weighted by Gasteiger charge is 2.26. The van der Waals surface area contributed by atoms with Gasteiger partial charge in [-0.05, 0) is 18.6 Å². The summed E-state index contributed by atoms with van der Waals surface area (Å²) in [4.78, 5) is 7.75. The SMILES string of the molecule is O=S1(=O)CCC(NCCSc2nc3ccccc3[nH]2)C1. The van der Waals surface area contributed by atoms with Crippen molar-refractivity contribution in [2.75, 3.05) is 23.8 Å². The number of hydrogen-bond donors (Lipinski definition) is 2. The van der Waals surface area contributed by atoms with Crippen LogP contribution >= 0.6 is 11.8 Å². The minimum absolute atomic E-state index is 0.122. The summed E-state index contributed by atoms with van der Waals surface area (Å²) in [6.45, 7) is 0.794. The van der Waals surface area contributed by atoms with Crippen LogP contribution in [0.3, 0.4) is 0 Å². The van der Waals surface area contributed by atoms with Crippen LogP contribution in [0.1, 0.15) is 6.42 Å². The Labute approximate surface area is 122 Å². The third kappa shape index (κ3) is 3.34. The van der Waals surface area contributed by atoms with E-state index in [1.165, 1.54) is 0 Å². The highest BCUT2D eigenvalue weighted by Crippen LogP contribution is 2.18. The minimum atomic E-state index is -2.79. The van der Waals surface area contributed by atoms with Crippen LogP contribution in [0.4, 0.5) is 0 Å². The van der Waals surface area contributed by atoms with Gasteiger partial charge in [0, 0.05) is 18.3 Å². The first kappa shape index (κ1) is 13.9. The van der Waals surface area contributed by atoms with Crippen LogP contribution in [0.15, 0.2) is 29.4 Å². The number of aromatic nitrogens is 2. The number of aromatic amines is 1. The van der Waals surface area contributed by atoms with Gasteiger partial charge in [0.2, 0.25) is 0 Å². The first-order chi connectivity index (χ1) is 9.62. The van der Waals surface area contributed by atoms with Crippen LogP contribution in [0.2, 0.25) is 0 Å². The van der Waals surface area contributed by atoms with Crippen molar-refractivity contribution < 1.29 is 8.42 Å². The molecule has 1 fully saturated rings. The fraction of sp³-hybridized carbons (Fsp3) is 0.462. The summed E-state index contributed by atoms with van der Waals surface area (Å²) in [6, 6.07) is 8.07. The van der Waals surface area contributed by atoms with Gasteiger partial charge in [-0.1, -0.05) is 23.9 Å². The van der Waals surface area contributed by atoms with Gasteiger partial charge in [0.15, 0.2) is 15.0 Å². The van der Waals surface area contributed by atoms with E-state index in [1.807, 2.05) is 24.3 Å². The summed E-state index contributed by atoms with van der Waals surface area (Å²) in [5.74, 6) is 1.47. The average molecular weight is 311 g/mol. The van der Waals surface area contributed by atoms with Crippen LogP contribution < -0.4 is 5.32 Å². The number of para-hydroxylation sites is 2. The van der Waals surface area contributed by atoms with E-state index in [9.17, 15) is 8.42 Å². The van der Waals surface area contributed by atoms with Crippen molar-refractivity contribution in [3.05, 3.63) is 24.3 Å². The Hall–Kier alpha value is -1.05. The zero-order valence-electron chi connectivity index (χ0n) is 11.0. The molecule has 0 spiro atoms. The lowest BCUT2D eigenvalue weighted by Crippen LogP contribution is -2.31. The normalized spacial score (nSPS) is 21.5. The monoisotopic (exact) mass is 311 g/mol. The molecule has 1 aromatic carbocycles. The van der Waals surface area contributed by atoms with Crippen molar-refractivity contribution in [2.24, 2.45) is 0 Å². The van der Waals surface area contributed by atoms with Gasteiger partial charge in [0.1, 0.15) is 0 Å². The van der Waals surface area contributed by atoms with Gasteiger partial charge >= 0.3 is 0 Å². The maximum absolute atomic E-state index is 11.3. The predicted octanol–water partition coefficient (Wildman–Crippen LogP) is 1.43. The Morgan fingerprint density at radius 1 is 1.40 bits per heavy atom. The van der Waals surface area contributed by atoms with Crippen LogP contribution in [0.25, 0.3) is 11.0 Å². The molecule has 0 aliphatic carbocycles. The summed E-state index contributed by atoms with van der Waals surface area (Å²) in [5.41, 5.74) is 2.02. The van der Waals surface area contributed by atoms with Gasteiger partial charge in [-0.15, -0.1) is 0 Å². The van der Waals surface area contributed by atoms with Gasteiger partial charge in [0.25, 0.3) is 0 Å². The summed E-state index contributed by atoms with van der Waals surface area (Å²) < 4.78 is 22.7. The average Bonchev–Trinajstić information content (AvgIpc) is 2.97. The molecule has 0 amide bonds. The molecule has 2 heterocycles. The maximum atomic E-state index is 11.3.